The van der Waals surface area contributed by atoms with Crippen LogP contribution >= 0.6 is 0 Å². The minimum atomic E-state index is -0.874. The van der Waals surface area contributed by atoms with Gasteiger partial charge in [-0.25, -0.2) is 4.98 Å². The molecule has 0 saturated heterocycles. The molecule has 0 radical (unpaired) electrons. The molecule has 0 amide bonds. The van der Waals surface area contributed by atoms with E-state index in [1.54, 1.807) is 13.2 Å². The summed E-state index contributed by atoms with van der Waals surface area (Å²) in [5.74, 6) is 6.50. The molecule has 6 heteroatoms. The molecule has 2 aromatic rings. The summed E-state index contributed by atoms with van der Waals surface area (Å²) in [7, 11) is 1.65. The maximum Gasteiger partial charge on any atom is 0.303 e. The molecule has 0 spiro atoms. The lowest BCUT2D eigenvalue weighted by atomic mass is 10.1. The first-order valence-electron chi connectivity index (χ1n) is 10.9. The molecule has 0 aliphatic rings. The van der Waals surface area contributed by atoms with Crippen molar-refractivity contribution in [3.8, 4) is 23.3 Å². The number of aliphatic hydroxyl groups excluding tert-OH is 1. The van der Waals surface area contributed by atoms with Crippen molar-refractivity contribution in [1.29, 1.82) is 0 Å². The van der Waals surface area contributed by atoms with Crippen LogP contribution in [0.25, 0.3) is 6.08 Å². The van der Waals surface area contributed by atoms with Crippen molar-refractivity contribution in [2.75, 3.05) is 20.3 Å². The smallest absolute Gasteiger partial charge is 0.303 e. The van der Waals surface area contributed by atoms with E-state index in [2.05, 4.69) is 29.0 Å². The predicted octanol–water partition coefficient (Wildman–Crippen LogP) is 4.49. The summed E-state index contributed by atoms with van der Waals surface area (Å²) in [6.45, 7) is 0.648. The number of nitrogens with zero attached hydrogens (tertiary/aromatic N) is 1. The topological polar surface area (TPSA) is 88.9 Å². The van der Waals surface area contributed by atoms with Gasteiger partial charge in [0, 0.05) is 19.4 Å². The minimum absolute atomic E-state index is 0.0130. The zero-order chi connectivity index (χ0) is 23.0. The normalized spacial score (nSPS) is 10.6. The van der Waals surface area contributed by atoms with Gasteiger partial charge in [-0.15, -0.1) is 0 Å². The summed E-state index contributed by atoms with van der Waals surface area (Å²) in [5.41, 5.74) is 2.33. The Kier molecular flexibility index (Phi) is 11.4. The number of rotatable bonds is 13. The van der Waals surface area contributed by atoms with Crippen molar-refractivity contribution in [2.45, 2.75) is 44.9 Å². The standard InChI is InChI=1S/C26H31NO5/c1-31-23-14-11-21(12-15-23)9-5-2-3-8-20-32-25-17-13-22(10-6-4-7-19-28)27-24(25)16-18-26(29)30/h5,9,11-15,17,28H,2-4,7-8,16,18-20H2,1H3,(H,29,30)/b9-5+. The second-order valence-corrected chi connectivity index (χ2v) is 7.18. The Morgan fingerprint density at radius 1 is 1.12 bits per heavy atom. The molecule has 32 heavy (non-hydrogen) atoms. The van der Waals surface area contributed by atoms with Gasteiger partial charge >= 0.3 is 5.97 Å². The van der Waals surface area contributed by atoms with E-state index >= 15 is 0 Å². The van der Waals surface area contributed by atoms with E-state index in [9.17, 15) is 4.79 Å². The van der Waals surface area contributed by atoms with E-state index in [-0.39, 0.29) is 13.0 Å². The summed E-state index contributed by atoms with van der Waals surface area (Å²) in [4.78, 5) is 15.4. The highest BCUT2D eigenvalue weighted by atomic mass is 16.5. The van der Waals surface area contributed by atoms with Gasteiger partial charge in [0.05, 0.1) is 25.8 Å². The van der Waals surface area contributed by atoms with E-state index in [0.717, 1.165) is 30.6 Å². The Morgan fingerprint density at radius 2 is 1.94 bits per heavy atom. The van der Waals surface area contributed by atoms with Gasteiger partial charge in [-0.1, -0.05) is 30.2 Å². The molecule has 2 rings (SSSR count). The van der Waals surface area contributed by atoms with Crippen molar-refractivity contribution >= 4 is 12.0 Å². The van der Waals surface area contributed by atoms with Crippen LogP contribution in [0.15, 0.2) is 42.5 Å². The largest absolute Gasteiger partial charge is 0.497 e. The third-order valence-electron chi connectivity index (χ3n) is 4.63. The van der Waals surface area contributed by atoms with Gasteiger partial charge in [0.1, 0.15) is 17.2 Å². The fourth-order valence-corrected chi connectivity index (χ4v) is 2.90. The molecule has 0 fully saturated rings. The van der Waals surface area contributed by atoms with Crippen LogP contribution in [-0.2, 0) is 11.2 Å². The van der Waals surface area contributed by atoms with E-state index in [1.807, 2.05) is 30.3 Å². The highest BCUT2D eigenvalue weighted by Crippen LogP contribution is 2.19. The summed E-state index contributed by atoms with van der Waals surface area (Å²) in [6, 6.07) is 11.5. The summed E-state index contributed by atoms with van der Waals surface area (Å²) in [6.07, 6.45) is 8.54. The Morgan fingerprint density at radius 3 is 2.66 bits per heavy atom. The number of unbranched alkanes of at least 4 members (excludes halogenated alkanes) is 3. The Bertz CT molecular complexity index is 925. The van der Waals surface area contributed by atoms with E-state index in [4.69, 9.17) is 19.7 Å². The van der Waals surface area contributed by atoms with Crippen molar-refractivity contribution in [3.05, 3.63) is 59.4 Å². The zero-order valence-electron chi connectivity index (χ0n) is 18.5. The van der Waals surface area contributed by atoms with Crippen LogP contribution < -0.4 is 9.47 Å². The van der Waals surface area contributed by atoms with Gasteiger partial charge in [-0.05, 0) is 61.4 Å². The first kappa shape index (κ1) is 25.0. The third kappa shape index (κ3) is 9.67. The van der Waals surface area contributed by atoms with Crippen molar-refractivity contribution in [1.82, 2.24) is 4.98 Å². The number of methoxy groups -OCH3 is 1. The predicted molar refractivity (Wildman–Crippen MR) is 125 cm³/mol. The lowest BCUT2D eigenvalue weighted by Gasteiger charge is -2.10. The quantitative estimate of drug-likeness (QED) is 0.354. The highest BCUT2D eigenvalue weighted by molar-refractivity contribution is 5.67. The van der Waals surface area contributed by atoms with Crippen molar-refractivity contribution < 1.29 is 24.5 Å². The first-order chi connectivity index (χ1) is 15.6. The number of carboxylic acid groups (broad SMARTS) is 1. The number of allylic oxidation sites excluding steroid dienone is 1. The average Bonchev–Trinajstić information content (AvgIpc) is 2.81. The average molecular weight is 438 g/mol. The molecule has 2 N–H and O–H groups in total. The number of carbonyl (C=O) groups is 1. The number of benzene rings is 1. The number of aliphatic hydroxyl groups is 1. The van der Waals surface area contributed by atoms with Crippen LogP contribution in [-0.4, -0.2) is 41.5 Å². The Hall–Kier alpha value is -3.30. The molecule has 170 valence electrons. The molecule has 0 unspecified atom stereocenters. The number of ether oxygens (including phenoxy) is 2. The fraction of sp³-hybridized carbons (Fsp3) is 0.385. The van der Waals surface area contributed by atoms with E-state index in [1.165, 1.54) is 0 Å². The molecule has 1 aromatic heterocycles. The van der Waals surface area contributed by atoms with Crippen LogP contribution in [0, 0.1) is 11.8 Å². The molecule has 0 aliphatic carbocycles. The van der Waals surface area contributed by atoms with Crippen molar-refractivity contribution in [2.24, 2.45) is 0 Å². The number of hydrogen-bond acceptors (Lipinski definition) is 5. The Balaban J connectivity index is 1.82. The summed E-state index contributed by atoms with van der Waals surface area (Å²) < 4.78 is 11.0. The second-order valence-electron chi connectivity index (χ2n) is 7.18. The number of pyridine rings is 1. The molecule has 1 heterocycles. The number of carboxylic acids is 1. The van der Waals surface area contributed by atoms with Crippen LogP contribution in [0.1, 0.15) is 55.5 Å². The molecule has 0 saturated carbocycles. The monoisotopic (exact) mass is 437 g/mol. The third-order valence-corrected chi connectivity index (χ3v) is 4.63. The van der Waals surface area contributed by atoms with Gasteiger partial charge in [-0.3, -0.25) is 4.79 Å². The van der Waals surface area contributed by atoms with Gasteiger partial charge in [0.25, 0.3) is 0 Å². The van der Waals surface area contributed by atoms with Crippen LogP contribution in [0.2, 0.25) is 0 Å². The Labute approximate surface area is 189 Å². The van der Waals surface area contributed by atoms with Gasteiger partial charge in [0.2, 0.25) is 0 Å². The van der Waals surface area contributed by atoms with E-state index < -0.39 is 5.97 Å². The first-order valence-corrected chi connectivity index (χ1v) is 10.9. The van der Waals surface area contributed by atoms with Crippen LogP contribution in [0.4, 0.5) is 0 Å². The van der Waals surface area contributed by atoms with Crippen molar-refractivity contribution in [3.63, 3.8) is 0 Å². The van der Waals surface area contributed by atoms with Gasteiger partial charge < -0.3 is 19.7 Å². The molecule has 0 bridgehead atoms. The molecule has 0 atom stereocenters. The molecular formula is C26H31NO5. The summed E-state index contributed by atoms with van der Waals surface area (Å²) in [5, 5.41) is 17.8. The van der Waals surface area contributed by atoms with Crippen LogP contribution in [0.5, 0.6) is 11.5 Å². The second kappa shape index (κ2) is 14.7. The van der Waals surface area contributed by atoms with Crippen LogP contribution in [0.3, 0.4) is 0 Å². The number of aliphatic carboxylic acids is 1. The zero-order valence-corrected chi connectivity index (χ0v) is 18.5. The molecule has 1 aromatic carbocycles. The molecule has 0 aliphatic heterocycles. The maximum absolute atomic E-state index is 11.0. The lowest BCUT2D eigenvalue weighted by Crippen LogP contribution is -2.05. The van der Waals surface area contributed by atoms with Gasteiger partial charge in [-0.2, -0.15) is 0 Å². The minimum Gasteiger partial charge on any atom is -0.497 e. The SMILES string of the molecule is COc1ccc(/C=C/CCCCOc2ccc(C#CCCCO)nc2CCC(=O)O)cc1. The molecular weight excluding hydrogens is 406 g/mol. The number of hydrogen-bond donors (Lipinski definition) is 2. The number of aryl methyl sites for hydroxylation is 1. The summed E-state index contributed by atoms with van der Waals surface area (Å²) >= 11 is 0. The van der Waals surface area contributed by atoms with E-state index in [0.29, 0.717) is 43.0 Å². The fourth-order valence-electron chi connectivity index (χ4n) is 2.90. The molecule has 6 nitrogen and oxygen atoms in total. The number of aromatic nitrogens is 1. The van der Waals surface area contributed by atoms with Gasteiger partial charge in [0.15, 0.2) is 0 Å². The maximum atomic E-state index is 11.0. The lowest BCUT2D eigenvalue weighted by molar-refractivity contribution is -0.136. The highest BCUT2D eigenvalue weighted by Gasteiger charge is 2.09.